The van der Waals surface area contributed by atoms with Crippen molar-refractivity contribution in [3.8, 4) is 0 Å². The molecule has 1 aliphatic carbocycles. The average molecular weight is 430 g/mol. The van der Waals surface area contributed by atoms with Gasteiger partial charge in [0.05, 0.1) is 0 Å². The number of nitrogens with zero attached hydrogens (tertiary/aromatic N) is 2. The molecule has 0 saturated carbocycles. The number of primary amides is 1. The normalized spacial score (nSPS) is 14.2. The molecular weight excluding hydrogens is 398 g/mol. The van der Waals surface area contributed by atoms with Gasteiger partial charge < -0.3 is 10.6 Å². The highest BCUT2D eigenvalue weighted by Crippen LogP contribution is 2.37. The Kier molecular flexibility index (Phi) is 7.89. The summed E-state index contributed by atoms with van der Waals surface area (Å²) in [6.07, 6.45) is 3.35. The number of aromatic nitrogens is 1. The summed E-state index contributed by atoms with van der Waals surface area (Å²) in [5, 5.41) is 0.741. The summed E-state index contributed by atoms with van der Waals surface area (Å²) in [4.78, 5) is 41.3. The lowest BCUT2D eigenvalue weighted by atomic mass is 9.77. The molecule has 0 aliphatic heterocycles. The molecule has 3 rings (SSSR count). The quantitative estimate of drug-likeness (QED) is 0.717. The van der Waals surface area contributed by atoms with E-state index >= 15 is 0 Å². The Labute approximate surface area is 182 Å². The zero-order valence-electron chi connectivity index (χ0n) is 18.4. The predicted octanol–water partition coefficient (Wildman–Crippen LogP) is 4.26. The Bertz CT molecular complexity index is 961. The second-order valence-electron chi connectivity index (χ2n) is 8.22. The molecule has 0 atom stereocenters. The summed E-state index contributed by atoms with van der Waals surface area (Å²) in [7, 11) is 0. The average Bonchev–Trinajstić information content (AvgIpc) is 2.68. The summed E-state index contributed by atoms with van der Waals surface area (Å²) in [5.74, 6) is -0.196. The van der Waals surface area contributed by atoms with Crippen molar-refractivity contribution in [2.45, 2.75) is 60.3 Å². The molecule has 2 N–H and O–H groups in total. The number of carbonyl (C=O) groups excluding carboxylic acids is 2. The first-order chi connectivity index (χ1) is 14.1. The topological polar surface area (TPSA) is 93.4 Å². The number of ketones is 1. The van der Waals surface area contributed by atoms with E-state index in [9.17, 15) is 14.4 Å². The summed E-state index contributed by atoms with van der Waals surface area (Å²) in [6, 6.07) is 7.59. The van der Waals surface area contributed by atoms with Gasteiger partial charge in [-0.25, -0.2) is 0 Å². The summed E-state index contributed by atoms with van der Waals surface area (Å²) in [5.41, 5.74) is 7.14. The van der Waals surface area contributed by atoms with Crippen LogP contribution in [0.4, 0.5) is 10.8 Å². The lowest BCUT2D eigenvalue weighted by molar-refractivity contribution is -0.115. The first kappa shape index (κ1) is 23.7. The first-order valence-corrected chi connectivity index (χ1v) is 11.1. The summed E-state index contributed by atoms with van der Waals surface area (Å²) in [6.45, 7) is 10.4. The van der Waals surface area contributed by atoms with Crippen LogP contribution >= 0.6 is 11.3 Å². The van der Waals surface area contributed by atoms with Crippen LogP contribution in [0.15, 0.2) is 29.1 Å². The van der Waals surface area contributed by atoms with Crippen molar-refractivity contribution in [1.29, 1.82) is 0 Å². The van der Waals surface area contributed by atoms with Crippen LogP contribution in [0.3, 0.4) is 0 Å². The Morgan fingerprint density at radius 3 is 2.33 bits per heavy atom. The number of hydrogen-bond acceptors (Lipinski definition) is 6. The highest BCUT2D eigenvalue weighted by molar-refractivity contribution is 7.15. The first-order valence-electron chi connectivity index (χ1n) is 10.3. The van der Waals surface area contributed by atoms with E-state index in [-0.39, 0.29) is 22.7 Å². The Hall–Kier alpha value is -2.54. The second-order valence-corrected chi connectivity index (χ2v) is 9.28. The molecule has 1 aliphatic rings. The van der Waals surface area contributed by atoms with Crippen molar-refractivity contribution in [3.05, 3.63) is 50.6 Å². The SMILES string of the molecule is CC(N)=O.CCC(=O)c1ccc(N(CC)c2nc(=O)c3c(s2)CCC(C)(C)C3)cc1. The van der Waals surface area contributed by atoms with Crippen molar-refractivity contribution in [3.63, 3.8) is 0 Å². The van der Waals surface area contributed by atoms with Gasteiger partial charge in [0.1, 0.15) is 0 Å². The van der Waals surface area contributed by atoms with Gasteiger partial charge in [-0.05, 0) is 55.9 Å². The third-order valence-electron chi connectivity index (χ3n) is 5.06. The van der Waals surface area contributed by atoms with Gasteiger partial charge in [0.15, 0.2) is 10.9 Å². The number of Topliss-reactive ketones (excluding diaryl/α,β-unsaturated/α-hetero) is 1. The maximum atomic E-state index is 12.6. The van der Waals surface area contributed by atoms with Gasteiger partial charge in [-0.3, -0.25) is 14.4 Å². The van der Waals surface area contributed by atoms with Crippen molar-refractivity contribution in [2.75, 3.05) is 11.4 Å². The number of benzene rings is 1. The molecule has 0 spiro atoms. The van der Waals surface area contributed by atoms with Crippen LogP contribution in [0.5, 0.6) is 0 Å². The third kappa shape index (κ3) is 5.98. The number of fused-ring (bicyclic) bond motifs is 1. The Morgan fingerprint density at radius 1 is 1.20 bits per heavy atom. The van der Waals surface area contributed by atoms with E-state index < -0.39 is 0 Å². The van der Waals surface area contributed by atoms with Crippen LogP contribution in [-0.4, -0.2) is 23.2 Å². The van der Waals surface area contributed by atoms with Crippen LogP contribution < -0.4 is 16.2 Å². The molecule has 6 nitrogen and oxygen atoms in total. The maximum Gasteiger partial charge on any atom is 0.276 e. The molecule has 0 saturated heterocycles. The number of aryl methyl sites for hydroxylation is 1. The molecule has 30 heavy (non-hydrogen) atoms. The van der Waals surface area contributed by atoms with Crippen molar-refractivity contribution < 1.29 is 9.59 Å². The number of hydrogen-bond donors (Lipinski definition) is 1. The molecule has 162 valence electrons. The molecule has 0 fully saturated rings. The minimum absolute atomic E-state index is 0.0854. The zero-order chi connectivity index (χ0) is 22.5. The Balaban J connectivity index is 0.000000735. The van der Waals surface area contributed by atoms with Crippen molar-refractivity contribution in [1.82, 2.24) is 4.98 Å². The monoisotopic (exact) mass is 429 g/mol. The molecule has 0 radical (unpaired) electrons. The van der Waals surface area contributed by atoms with Crippen LogP contribution in [0.25, 0.3) is 0 Å². The molecule has 7 heteroatoms. The van der Waals surface area contributed by atoms with Gasteiger partial charge in [0.25, 0.3) is 5.56 Å². The number of rotatable bonds is 5. The molecule has 1 aromatic carbocycles. The molecule has 0 bridgehead atoms. The van der Waals surface area contributed by atoms with Gasteiger partial charge in [0, 0.05) is 41.6 Å². The molecule has 1 amide bonds. The standard InChI is InChI=1S/C21H26N2O2S.C2H5NO/c1-5-17(24)14-7-9-15(10-8-14)23(6-2)20-22-19(25)16-13-21(3,4)12-11-18(16)26-20;1-2(3)4/h7-10H,5-6,11-13H2,1-4H3;1H3,(H2,3,4). The summed E-state index contributed by atoms with van der Waals surface area (Å²) < 4.78 is 0. The summed E-state index contributed by atoms with van der Waals surface area (Å²) >= 11 is 1.63. The van der Waals surface area contributed by atoms with Gasteiger partial charge in [0.2, 0.25) is 5.91 Å². The second kappa shape index (κ2) is 9.98. The fraction of sp³-hybridized carbons (Fsp3) is 0.478. The van der Waals surface area contributed by atoms with E-state index in [2.05, 4.69) is 24.6 Å². The Morgan fingerprint density at radius 2 is 1.80 bits per heavy atom. The minimum atomic E-state index is -0.333. The lowest BCUT2D eigenvalue weighted by Crippen LogP contribution is -2.29. The number of amides is 1. The maximum absolute atomic E-state index is 12.6. The molecule has 2 aromatic rings. The smallest absolute Gasteiger partial charge is 0.276 e. The van der Waals surface area contributed by atoms with E-state index in [1.165, 1.54) is 11.8 Å². The van der Waals surface area contributed by atoms with Gasteiger partial charge in [-0.15, -0.1) is 11.3 Å². The minimum Gasteiger partial charge on any atom is -0.370 e. The highest BCUT2D eigenvalue weighted by Gasteiger charge is 2.29. The van der Waals surface area contributed by atoms with Crippen LogP contribution in [-0.2, 0) is 17.6 Å². The number of carbonyl (C=O) groups is 2. The van der Waals surface area contributed by atoms with E-state index in [1.807, 2.05) is 43.0 Å². The fourth-order valence-corrected chi connectivity index (χ4v) is 4.62. The predicted molar refractivity (Wildman–Crippen MR) is 123 cm³/mol. The van der Waals surface area contributed by atoms with E-state index in [4.69, 9.17) is 0 Å². The highest BCUT2D eigenvalue weighted by atomic mass is 32.1. The molecular formula is C23H31N3O3S. The van der Waals surface area contributed by atoms with Crippen LogP contribution in [0, 0.1) is 5.41 Å². The van der Waals surface area contributed by atoms with E-state index in [0.29, 0.717) is 13.0 Å². The lowest BCUT2D eigenvalue weighted by Gasteiger charge is -2.31. The fourth-order valence-electron chi connectivity index (χ4n) is 3.44. The van der Waals surface area contributed by atoms with Crippen molar-refractivity contribution in [2.24, 2.45) is 11.1 Å². The number of nitrogens with two attached hydrogens (primary N) is 1. The van der Waals surface area contributed by atoms with E-state index in [0.717, 1.165) is 41.2 Å². The van der Waals surface area contributed by atoms with Gasteiger partial charge in [-0.1, -0.05) is 20.8 Å². The van der Waals surface area contributed by atoms with Crippen LogP contribution in [0.2, 0.25) is 0 Å². The van der Waals surface area contributed by atoms with Crippen molar-refractivity contribution >= 4 is 33.8 Å². The zero-order valence-corrected chi connectivity index (χ0v) is 19.3. The van der Waals surface area contributed by atoms with Crippen LogP contribution in [0.1, 0.15) is 68.3 Å². The third-order valence-corrected chi connectivity index (χ3v) is 6.25. The molecule has 1 aromatic heterocycles. The number of anilines is 2. The van der Waals surface area contributed by atoms with Gasteiger partial charge >= 0.3 is 0 Å². The van der Waals surface area contributed by atoms with E-state index in [1.54, 1.807) is 11.3 Å². The van der Waals surface area contributed by atoms with Gasteiger partial charge in [-0.2, -0.15) is 4.98 Å². The largest absolute Gasteiger partial charge is 0.370 e. The molecule has 0 unspecified atom stereocenters. The molecule has 1 heterocycles.